The zero-order chi connectivity index (χ0) is 18.8. The highest BCUT2D eigenvalue weighted by Crippen LogP contribution is 2.15. The number of aliphatic hydroxyl groups is 1. The highest BCUT2D eigenvalue weighted by atomic mass is 16.5. The Morgan fingerprint density at radius 3 is 1.57 bits per heavy atom. The maximum Gasteiger partial charge on any atom is 0.336 e. The number of aliphatic carboxylic acids is 3. The quantitative estimate of drug-likeness (QED) is 0.322. The van der Waals surface area contributed by atoms with Gasteiger partial charge >= 0.3 is 23.9 Å². The minimum Gasteiger partial charge on any atom is -0.481 e. The van der Waals surface area contributed by atoms with Gasteiger partial charge in [0.15, 0.2) is 5.60 Å². The lowest BCUT2D eigenvalue weighted by Gasteiger charge is -2.23. The molecule has 0 aliphatic heterocycles. The van der Waals surface area contributed by atoms with Gasteiger partial charge < -0.3 is 29.6 Å². The van der Waals surface area contributed by atoms with Gasteiger partial charge in [-0.3, -0.25) is 14.4 Å². The molecule has 0 bridgehead atoms. The molecule has 0 aromatic carbocycles. The summed E-state index contributed by atoms with van der Waals surface area (Å²) in [4.78, 5) is 40.8. The summed E-state index contributed by atoms with van der Waals surface area (Å²) in [6, 6.07) is 0. The molecule has 0 saturated heterocycles. The van der Waals surface area contributed by atoms with E-state index >= 15 is 0 Å². The van der Waals surface area contributed by atoms with E-state index in [0.29, 0.717) is 6.61 Å². The maximum atomic E-state index is 10.3. The Kier molecular flexibility index (Phi) is 9.77. The summed E-state index contributed by atoms with van der Waals surface area (Å²) in [5, 5.41) is 33.8. The molecule has 0 fully saturated rings. The van der Waals surface area contributed by atoms with Crippen molar-refractivity contribution in [3.8, 4) is 0 Å². The molecule has 0 aromatic rings. The molecular weight excluding hydrogens is 314 g/mol. The molecule has 0 aliphatic carbocycles. The first kappa shape index (κ1) is 23.1. The average molecular weight is 338 g/mol. The summed E-state index contributed by atoms with van der Waals surface area (Å²) >= 11 is 0. The first-order chi connectivity index (χ1) is 10.2. The van der Waals surface area contributed by atoms with Crippen LogP contribution >= 0.6 is 0 Å². The molecule has 134 valence electrons. The van der Waals surface area contributed by atoms with Crippen molar-refractivity contribution in [2.75, 3.05) is 34.3 Å². The molecule has 0 heterocycles. The fourth-order valence-corrected chi connectivity index (χ4v) is 1.18. The summed E-state index contributed by atoms with van der Waals surface area (Å²) in [7, 11) is 6.18. The highest BCUT2D eigenvalue weighted by molar-refractivity contribution is 5.88. The molecule has 10 nitrogen and oxygen atoms in total. The van der Waals surface area contributed by atoms with Gasteiger partial charge in [-0.2, -0.15) is 0 Å². The van der Waals surface area contributed by atoms with Crippen molar-refractivity contribution in [3.63, 3.8) is 0 Å². The van der Waals surface area contributed by atoms with E-state index in [1.807, 2.05) is 0 Å². The van der Waals surface area contributed by atoms with E-state index < -0.39 is 36.4 Å². The number of esters is 1. The second kappa shape index (κ2) is 9.74. The van der Waals surface area contributed by atoms with Crippen molar-refractivity contribution in [1.82, 2.24) is 0 Å². The van der Waals surface area contributed by atoms with Gasteiger partial charge in [0.2, 0.25) is 0 Å². The molecule has 0 aliphatic rings. The van der Waals surface area contributed by atoms with E-state index in [-0.39, 0.29) is 5.97 Å². The number of carbonyl (C=O) groups excluding carboxylic acids is 1. The standard InChI is InChI=1S/C7H16NO2.C6H8O7/c1-7(9)10-6-5-8(2,3)4;7-3(8)1-6(13,5(11)12)2-4(9)10/h5-6H2,1-4H3;13H,1-2H2,(H,7,8)(H,9,10)(H,11,12)/q+1;. The second-order valence-corrected chi connectivity index (χ2v) is 5.83. The van der Waals surface area contributed by atoms with E-state index in [1.165, 1.54) is 6.92 Å². The minimum absolute atomic E-state index is 0.201. The first-order valence-corrected chi connectivity index (χ1v) is 6.53. The number of carboxylic acid groups (broad SMARTS) is 3. The number of hydrogen-bond donors (Lipinski definition) is 4. The number of ether oxygens (including phenoxy) is 1. The SMILES string of the molecule is CC(=O)OCC[N+](C)(C)C.O=C(O)CC(O)(CC(=O)O)C(=O)O. The first-order valence-electron chi connectivity index (χ1n) is 6.53. The van der Waals surface area contributed by atoms with Gasteiger partial charge in [0.1, 0.15) is 13.2 Å². The predicted molar refractivity (Wildman–Crippen MR) is 76.6 cm³/mol. The fourth-order valence-electron chi connectivity index (χ4n) is 1.18. The molecule has 0 atom stereocenters. The Hall–Kier alpha value is -2.20. The summed E-state index contributed by atoms with van der Waals surface area (Å²) in [6.07, 6.45) is -2.29. The van der Waals surface area contributed by atoms with E-state index in [2.05, 4.69) is 21.1 Å². The lowest BCUT2D eigenvalue weighted by molar-refractivity contribution is -0.870. The number of carbonyl (C=O) groups is 4. The van der Waals surface area contributed by atoms with E-state index in [9.17, 15) is 19.2 Å². The Balaban J connectivity index is 0. The van der Waals surface area contributed by atoms with Gasteiger partial charge in [-0.05, 0) is 0 Å². The third-order valence-electron chi connectivity index (χ3n) is 2.35. The van der Waals surface area contributed by atoms with Gasteiger partial charge in [0.25, 0.3) is 0 Å². The van der Waals surface area contributed by atoms with E-state index in [4.69, 9.17) is 25.2 Å². The lowest BCUT2D eigenvalue weighted by Crippen LogP contribution is -2.42. The number of rotatable bonds is 8. The Morgan fingerprint density at radius 1 is 0.957 bits per heavy atom. The van der Waals surface area contributed by atoms with Crippen LogP contribution in [0.1, 0.15) is 19.8 Å². The number of quaternary nitrogens is 1. The van der Waals surface area contributed by atoms with Crippen LogP contribution in [0.5, 0.6) is 0 Å². The largest absolute Gasteiger partial charge is 0.481 e. The molecule has 0 unspecified atom stereocenters. The third kappa shape index (κ3) is 14.5. The Bertz CT molecular complexity index is 423. The number of likely N-dealkylation sites (N-methyl/N-ethyl adjacent to an activating group) is 1. The van der Waals surface area contributed by atoms with Crippen LogP contribution in [-0.2, 0) is 23.9 Å². The van der Waals surface area contributed by atoms with Gasteiger partial charge in [-0.1, -0.05) is 0 Å². The maximum absolute atomic E-state index is 10.3. The second-order valence-electron chi connectivity index (χ2n) is 5.83. The molecule has 0 radical (unpaired) electrons. The van der Waals surface area contributed by atoms with Gasteiger partial charge in [-0.25, -0.2) is 4.79 Å². The Morgan fingerprint density at radius 2 is 1.35 bits per heavy atom. The van der Waals surface area contributed by atoms with Crippen LogP contribution in [-0.4, -0.2) is 88.7 Å². The highest BCUT2D eigenvalue weighted by Gasteiger charge is 2.40. The number of carboxylic acids is 3. The van der Waals surface area contributed by atoms with Gasteiger partial charge in [0, 0.05) is 6.92 Å². The molecule has 0 aromatic heterocycles. The smallest absolute Gasteiger partial charge is 0.336 e. The van der Waals surface area contributed by atoms with Gasteiger partial charge in [-0.15, -0.1) is 0 Å². The zero-order valence-corrected chi connectivity index (χ0v) is 13.6. The van der Waals surface area contributed by atoms with E-state index in [0.717, 1.165) is 11.0 Å². The minimum atomic E-state index is -2.74. The molecule has 0 rings (SSSR count). The van der Waals surface area contributed by atoms with Crippen molar-refractivity contribution in [3.05, 3.63) is 0 Å². The van der Waals surface area contributed by atoms with Crippen molar-refractivity contribution < 1.29 is 48.8 Å². The molecule has 0 saturated carbocycles. The third-order valence-corrected chi connectivity index (χ3v) is 2.35. The van der Waals surface area contributed by atoms with Crippen LogP contribution < -0.4 is 0 Å². The van der Waals surface area contributed by atoms with Gasteiger partial charge in [0.05, 0.1) is 34.0 Å². The number of nitrogens with zero attached hydrogens (tertiary/aromatic N) is 1. The average Bonchev–Trinajstić information content (AvgIpc) is 2.24. The van der Waals surface area contributed by atoms with Crippen molar-refractivity contribution in [2.24, 2.45) is 0 Å². The summed E-state index contributed by atoms with van der Waals surface area (Å²) in [6.45, 7) is 2.80. The van der Waals surface area contributed by atoms with Crippen molar-refractivity contribution in [1.29, 1.82) is 0 Å². The van der Waals surface area contributed by atoms with E-state index in [1.54, 1.807) is 0 Å². The number of hydrogen-bond acceptors (Lipinski definition) is 6. The molecule has 4 N–H and O–H groups in total. The van der Waals surface area contributed by atoms with Crippen molar-refractivity contribution >= 4 is 23.9 Å². The lowest BCUT2D eigenvalue weighted by atomic mass is 9.96. The molecular formula is C13H24NO9+. The normalized spacial score (nSPS) is 11.0. The summed E-state index contributed by atoms with van der Waals surface area (Å²) < 4.78 is 5.59. The zero-order valence-electron chi connectivity index (χ0n) is 13.6. The van der Waals surface area contributed by atoms with Crippen LogP contribution in [0.25, 0.3) is 0 Å². The van der Waals surface area contributed by atoms with Crippen LogP contribution in [0, 0.1) is 0 Å². The fraction of sp³-hybridized carbons (Fsp3) is 0.692. The van der Waals surface area contributed by atoms with Crippen LogP contribution in [0.2, 0.25) is 0 Å². The van der Waals surface area contributed by atoms with Crippen LogP contribution in [0.15, 0.2) is 0 Å². The monoisotopic (exact) mass is 338 g/mol. The summed E-state index contributed by atoms with van der Waals surface area (Å²) in [5.41, 5.74) is -2.74. The molecule has 10 heteroatoms. The molecule has 0 amide bonds. The van der Waals surface area contributed by atoms with Crippen LogP contribution in [0.4, 0.5) is 0 Å². The predicted octanol–water partition coefficient (Wildman–Crippen LogP) is -0.993. The Labute approximate surface area is 133 Å². The van der Waals surface area contributed by atoms with Crippen molar-refractivity contribution in [2.45, 2.75) is 25.4 Å². The molecule has 0 spiro atoms. The van der Waals surface area contributed by atoms with Crippen LogP contribution in [0.3, 0.4) is 0 Å². The topological polar surface area (TPSA) is 158 Å². The molecule has 23 heavy (non-hydrogen) atoms. The summed E-state index contributed by atoms with van der Waals surface area (Å²) in [5.74, 6) is -5.22.